The van der Waals surface area contributed by atoms with E-state index in [1.54, 1.807) is 0 Å². The summed E-state index contributed by atoms with van der Waals surface area (Å²) in [5.41, 5.74) is -0.138. The molecule has 0 aromatic rings. The highest BCUT2D eigenvalue weighted by molar-refractivity contribution is 14.1. The van der Waals surface area contributed by atoms with Crippen molar-refractivity contribution in [1.29, 1.82) is 0 Å². The zero-order chi connectivity index (χ0) is 16.4. The van der Waals surface area contributed by atoms with Crippen molar-refractivity contribution in [2.24, 2.45) is 41.4 Å². The average molecular weight is 430 g/mol. The Hall–Kier alpha value is 0.200. The van der Waals surface area contributed by atoms with Crippen LogP contribution in [0.15, 0.2) is 0 Å². The Balaban J connectivity index is 1.62. The quantitative estimate of drug-likeness (QED) is 0.258. The molecule has 0 aliphatic heterocycles. The average Bonchev–Trinajstić information content (AvgIpc) is 3.30. The fourth-order valence-corrected chi connectivity index (χ4v) is 7.30. The molecule has 0 radical (unpaired) electrons. The van der Waals surface area contributed by atoms with Crippen LogP contribution in [0, 0.1) is 41.4 Å². The van der Waals surface area contributed by atoms with Crippen molar-refractivity contribution >= 4 is 28.6 Å². The van der Waals surface area contributed by atoms with Gasteiger partial charge in [-0.25, -0.2) is 0 Å². The first-order chi connectivity index (χ1) is 11.0. The third kappa shape index (κ3) is 2.27. The minimum absolute atomic E-state index is 0.0171. The Bertz CT molecular complexity index is 492. The van der Waals surface area contributed by atoms with Crippen molar-refractivity contribution in [3.63, 3.8) is 0 Å². The van der Waals surface area contributed by atoms with Gasteiger partial charge in [-0.15, -0.1) is 0 Å². The highest BCUT2D eigenvalue weighted by Gasteiger charge is 2.69. The van der Waals surface area contributed by atoms with Crippen molar-refractivity contribution in [3.8, 4) is 0 Å². The van der Waals surface area contributed by atoms with E-state index < -0.39 is 0 Å². The molecule has 4 rings (SSSR count). The number of esters is 1. The van der Waals surface area contributed by atoms with Gasteiger partial charge in [0.05, 0.1) is 0 Å². The molecule has 4 aliphatic carbocycles. The first kappa shape index (κ1) is 16.7. The number of hydrogen-bond acceptors (Lipinski definition) is 2. The number of hydrogen-bond donors (Lipinski definition) is 0. The smallest absolute Gasteiger partial charge is 0.319 e. The third-order valence-corrected chi connectivity index (χ3v) is 9.56. The Morgan fingerprint density at radius 3 is 2.48 bits per heavy atom. The summed E-state index contributed by atoms with van der Waals surface area (Å²) in [6.45, 7) is 6.69. The SMILES string of the molecule is CCC(I)C(=O)OC1(C(C)CC)CC2CC1C1C3CCC(C3)C21. The zero-order valence-corrected chi connectivity index (χ0v) is 16.9. The summed E-state index contributed by atoms with van der Waals surface area (Å²) in [6.07, 6.45) is 8.92. The lowest BCUT2D eigenvalue weighted by Gasteiger charge is -2.49. The Morgan fingerprint density at radius 2 is 1.83 bits per heavy atom. The molecular formula is C20H31IO2. The van der Waals surface area contributed by atoms with Crippen LogP contribution in [0.4, 0.5) is 0 Å². The number of ether oxygens (including phenoxy) is 1. The summed E-state index contributed by atoms with van der Waals surface area (Å²) in [5.74, 6) is 5.88. The van der Waals surface area contributed by atoms with Gasteiger partial charge in [0.1, 0.15) is 9.53 Å². The molecule has 23 heavy (non-hydrogen) atoms. The van der Waals surface area contributed by atoms with E-state index in [2.05, 4.69) is 43.4 Å². The molecule has 4 aliphatic rings. The Kier molecular flexibility index (Phi) is 4.26. The van der Waals surface area contributed by atoms with Gasteiger partial charge in [-0.05, 0) is 80.5 Å². The second kappa shape index (κ2) is 5.88. The predicted molar refractivity (Wildman–Crippen MR) is 100 cm³/mol. The van der Waals surface area contributed by atoms with Crippen molar-refractivity contribution in [2.75, 3.05) is 0 Å². The first-order valence-electron chi connectivity index (χ1n) is 9.88. The second-order valence-electron chi connectivity index (χ2n) is 8.86. The maximum absolute atomic E-state index is 12.7. The summed E-state index contributed by atoms with van der Waals surface area (Å²) in [6, 6.07) is 0. The number of carbonyl (C=O) groups excluding carboxylic acids is 1. The molecule has 0 saturated heterocycles. The topological polar surface area (TPSA) is 26.3 Å². The van der Waals surface area contributed by atoms with Gasteiger partial charge in [-0.2, -0.15) is 0 Å². The van der Waals surface area contributed by atoms with Crippen LogP contribution in [0.2, 0.25) is 0 Å². The summed E-state index contributed by atoms with van der Waals surface area (Å²) >= 11 is 2.27. The minimum Gasteiger partial charge on any atom is -0.458 e. The van der Waals surface area contributed by atoms with Gasteiger partial charge in [0.2, 0.25) is 0 Å². The molecule has 0 N–H and O–H groups in total. The Morgan fingerprint density at radius 1 is 1.13 bits per heavy atom. The maximum atomic E-state index is 12.7. The largest absolute Gasteiger partial charge is 0.458 e. The lowest BCUT2D eigenvalue weighted by Crippen LogP contribution is -2.52. The van der Waals surface area contributed by atoms with E-state index in [9.17, 15) is 4.79 Å². The molecule has 9 unspecified atom stereocenters. The van der Waals surface area contributed by atoms with Crippen LogP contribution in [0.1, 0.15) is 65.7 Å². The molecule has 0 aromatic heterocycles. The van der Waals surface area contributed by atoms with Crippen molar-refractivity contribution < 1.29 is 9.53 Å². The number of alkyl halides is 1. The van der Waals surface area contributed by atoms with Crippen LogP contribution in [-0.4, -0.2) is 15.5 Å². The van der Waals surface area contributed by atoms with Crippen molar-refractivity contribution in [2.45, 2.75) is 75.2 Å². The molecule has 130 valence electrons. The van der Waals surface area contributed by atoms with Gasteiger partial charge in [-0.3, -0.25) is 4.79 Å². The van der Waals surface area contributed by atoms with Gasteiger partial charge in [-0.1, -0.05) is 43.4 Å². The van der Waals surface area contributed by atoms with Crippen LogP contribution in [-0.2, 0) is 9.53 Å². The van der Waals surface area contributed by atoms with Crippen LogP contribution in [0.3, 0.4) is 0 Å². The minimum atomic E-state index is -0.138. The molecule has 3 heteroatoms. The lowest BCUT2D eigenvalue weighted by molar-refractivity contribution is -0.181. The van der Waals surface area contributed by atoms with Crippen LogP contribution >= 0.6 is 22.6 Å². The molecule has 0 spiro atoms. The molecule has 9 atom stereocenters. The van der Waals surface area contributed by atoms with Crippen LogP contribution in [0.5, 0.6) is 0 Å². The van der Waals surface area contributed by atoms with E-state index in [1.165, 1.54) is 25.7 Å². The lowest BCUT2D eigenvalue weighted by atomic mass is 9.62. The van der Waals surface area contributed by atoms with E-state index >= 15 is 0 Å². The monoisotopic (exact) mass is 430 g/mol. The highest BCUT2D eigenvalue weighted by Crippen LogP contribution is 2.71. The molecule has 4 saturated carbocycles. The Labute approximate surface area is 154 Å². The number of carbonyl (C=O) groups is 1. The van der Waals surface area contributed by atoms with Crippen LogP contribution < -0.4 is 0 Å². The molecule has 4 bridgehead atoms. The third-order valence-electron chi connectivity index (χ3n) is 8.17. The summed E-state index contributed by atoms with van der Waals surface area (Å²) in [5, 5.41) is 0. The molecule has 0 amide bonds. The van der Waals surface area contributed by atoms with E-state index in [0.717, 1.165) is 48.9 Å². The maximum Gasteiger partial charge on any atom is 0.319 e. The van der Waals surface area contributed by atoms with E-state index in [0.29, 0.717) is 11.8 Å². The van der Waals surface area contributed by atoms with E-state index in [1.807, 2.05) is 0 Å². The fraction of sp³-hybridized carbons (Fsp3) is 0.950. The molecule has 0 heterocycles. The second-order valence-corrected chi connectivity index (χ2v) is 10.4. The van der Waals surface area contributed by atoms with Gasteiger partial charge < -0.3 is 4.74 Å². The highest BCUT2D eigenvalue weighted by atomic mass is 127. The van der Waals surface area contributed by atoms with Gasteiger partial charge >= 0.3 is 5.97 Å². The summed E-state index contributed by atoms with van der Waals surface area (Å²) < 4.78 is 6.42. The van der Waals surface area contributed by atoms with E-state index in [4.69, 9.17) is 4.74 Å². The number of rotatable bonds is 5. The molecule has 2 nitrogen and oxygen atoms in total. The predicted octanol–water partition coefficient (Wildman–Crippen LogP) is 5.23. The standard InChI is InChI=1S/C20H31IO2/c1-4-11(3)20(23-19(22)16(21)5-2)10-14-9-15(20)18-13-7-6-12(8-13)17(14)18/h11-18H,4-10H2,1-3H3. The number of fused-ring (bicyclic) bond motifs is 9. The molecular weight excluding hydrogens is 399 g/mol. The summed E-state index contributed by atoms with van der Waals surface area (Å²) in [7, 11) is 0. The number of halogens is 1. The van der Waals surface area contributed by atoms with Crippen molar-refractivity contribution in [1.82, 2.24) is 0 Å². The van der Waals surface area contributed by atoms with Crippen LogP contribution in [0.25, 0.3) is 0 Å². The first-order valence-corrected chi connectivity index (χ1v) is 11.1. The molecule has 4 fully saturated rings. The summed E-state index contributed by atoms with van der Waals surface area (Å²) in [4.78, 5) is 12.7. The molecule has 0 aromatic carbocycles. The van der Waals surface area contributed by atoms with Gasteiger partial charge in [0, 0.05) is 5.92 Å². The fourth-order valence-electron chi connectivity index (χ4n) is 7.17. The van der Waals surface area contributed by atoms with Gasteiger partial charge in [0.15, 0.2) is 0 Å². The van der Waals surface area contributed by atoms with Crippen molar-refractivity contribution in [3.05, 3.63) is 0 Å². The normalized spacial score (nSPS) is 49.2. The zero-order valence-electron chi connectivity index (χ0n) is 14.8. The van der Waals surface area contributed by atoms with Gasteiger partial charge in [0.25, 0.3) is 0 Å². The van der Waals surface area contributed by atoms with E-state index in [-0.39, 0.29) is 15.5 Å².